The average molecular weight is 328 g/mol. The summed E-state index contributed by atoms with van der Waals surface area (Å²) >= 11 is 5.07. The summed E-state index contributed by atoms with van der Waals surface area (Å²) in [5.41, 5.74) is 2.28. The van der Waals surface area contributed by atoms with Crippen molar-refractivity contribution in [1.82, 2.24) is 5.32 Å². The predicted octanol–water partition coefficient (Wildman–Crippen LogP) is 4.46. The van der Waals surface area contributed by atoms with Crippen molar-refractivity contribution in [3.8, 4) is 0 Å². The molecule has 0 radical (unpaired) electrons. The topological polar surface area (TPSA) is 12.0 Å². The van der Waals surface area contributed by atoms with Gasteiger partial charge < -0.3 is 5.32 Å². The molecule has 1 N–H and O–H groups in total. The van der Waals surface area contributed by atoms with Crippen LogP contribution in [0.1, 0.15) is 22.0 Å². The van der Waals surface area contributed by atoms with Crippen molar-refractivity contribution in [3.63, 3.8) is 0 Å². The Kier molecular flexibility index (Phi) is 4.54. The number of benzene rings is 1. The summed E-state index contributed by atoms with van der Waals surface area (Å²) in [4.78, 5) is 1.32. The average Bonchev–Trinajstić information content (AvgIpc) is 2.71. The number of thiophene rings is 1. The molecule has 4 heteroatoms. The van der Waals surface area contributed by atoms with Gasteiger partial charge in [-0.15, -0.1) is 11.3 Å². The van der Waals surface area contributed by atoms with Gasteiger partial charge in [0.05, 0.1) is 0 Å². The van der Waals surface area contributed by atoms with E-state index in [1.165, 1.54) is 16.5 Å². The Labute approximate surface area is 119 Å². The van der Waals surface area contributed by atoms with Crippen LogP contribution in [-0.2, 0) is 6.42 Å². The van der Waals surface area contributed by atoms with Crippen LogP contribution in [0, 0.1) is 12.7 Å². The number of hydrogen-bond donors (Lipinski definition) is 1. The zero-order valence-corrected chi connectivity index (χ0v) is 12.7. The summed E-state index contributed by atoms with van der Waals surface area (Å²) in [7, 11) is 1.94. The molecule has 96 valence electrons. The first-order valence-electron chi connectivity index (χ1n) is 5.76. The second-order valence-electron chi connectivity index (χ2n) is 4.29. The van der Waals surface area contributed by atoms with Crippen LogP contribution in [0.3, 0.4) is 0 Å². The van der Waals surface area contributed by atoms with Gasteiger partial charge in [-0.25, -0.2) is 4.39 Å². The maximum atomic E-state index is 13.4. The lowest BCUT2D eigenvalue weighted by Crippen LogP contribution is -2.18. The molecule has 1 aromatic carbocycles. The van der Waals surface area contributed by atoms with E-state index in [0.717, 1.165) is 16.5 Å². The Balaban J connectivity index is 2.23. The first-order chi connectivity index (χ1) is 8.60. The highest BCUT2D eigenvalue weighted by molar-refractivity contribution is 9.10. The Morgan fingerprint density at radius 3 is 2.72 bits per heavy atom. The minimum absolute atomic E-state index is 0.197. The van der Waals surface area contributed by atoms with Gasteiger partial charge in [0.2, 0.25) is 0 Å². The molecule has 0 aliphatic carbocycles. The highest BCUT2D eigenvalue weighted by Crippen LogP contribution is 2.27. The van der Waals surface area contributed by atoms with Crippen LogP contribution in [0.5, 0.6) is 0 Å². The minimum atomic E-state index is -0.197. The largest absolute Gasteiger partial charge is 0.312 e. The third kappa shape index (κ3) is 3.19. The lowest BCUT2D eigenvalue weighted by molar-refractivity contribution is 0.589. The van der Waals surface area contributed by atoms with Gasteiger partial charge >= 0.3 is 0 Å². The van der Waals surface area contributed by atoms with Crippen molar-refractivity contribution >= 4 is 27.3 Å². The highest BCUT2D eigenvalue weighted by atomic mass is 79.9. The SMILES string of the molecule is CNC(Cc1cc(F)cc(Br)c1)c1sccc1C. The second-order valence-corrected chi connectivity index (χ2v) is 6.15. The molecule has 1 aromatic heterocycles. The molecule has 0 amide bonds. The Hall–Kier alpha value is -0.710. The summed E-state index contributed by atoms with van der Waals surface area (Å²) in [6, 6.07) is 7.40. The normalized spacial score (nSPS) is 12.7. The van der Waals surface area contributed by atoms with Crippen molar-refractivity contribution < 1.29 is 4.39 Å². The van der Waals surface area contributed by atoms with Crippen LogP contribution in [0.2, 0.25) is 0 Å². The molecule has 0 saturated heterocycles. The van der Waals surface area contributed by atoms with Gasteiger partial charge in [0.15, 0.2) is 0 Å². The minimum Gasteiger partial charge on any atom is -0.312 e. The number of rotatable bonds is 4. The first-order valence-corrected chi connectivity index (χ1v) is 7.43. The van der Waals surface area contributed by atoms with Crippen LogP contribution in [0.25, 0.3) is 0 Å². The quantitative estimate of drug-likeness (QED) is 0.874. The summed E-state index contributed by atoms with van der Waals surface area (Å²) in [6.45, 7) is 2.11. The maximum absolute atomic E-state index is 13.4. The van der Waals surface area contributed by atoms with E-state index in [2.05, 4.69) is 39.6 Å². The number of nitrogens with one attached hydrogen (secondary N) is 1. The van der Waals surface area contributed by atoms with E-state index in [0.29, 0.717) is 0 Å². The third-order valence-electron chi connectivity index (χ3n) is 2.93. The van der Waals surface area contributed by atoms with Gasteiger partial charge in [-0.2, -0.15) is 0 Å². The van der Waals surface area contributed by atoms with Gasteiger partial charge in [-0.3, -0.25) is 0 Å². The molecule has 0 aliphatic rings. The molecule has 0 bridgehead atoms. The molecule has 0 spiro atoms. The van der Waals surface area contributed by atoms with Gasteiger partial charge in [-0.1, -0.05) is 15.9 Å². The van der Waals surface area contributed by atoms with Crippen molar-refractivity contribution in [2.24, 2.45) is 0 Å². The number of aryl methyl sites for hydroxylation is 1. The third-order valence-corrected chi connectivity index (χ3v) is 4.52. The molecule has 1 nitrogen and oxygen atoms in total. The fourth-order valence-corrected chi connectivity index (χ4v) is 3.58. The Morgan fingerprint density at radius 2 is 2.17 bits per heavy atom. The zero-order chi connectivity index (χ0) is 13.1. The van der Waals surface area contributed by atoms with Crippen LogP contribution in [0.4, 0.5) is 4.39 Å². The molecule has 1 unspecified atom stereocenters. The zero-order valence-electron chi connectivity index (χ0n) is 10.3. The van der Waals surface area contributed by atoms with Crippen molar-refractivity contribution in [3.05, 3.63) is 55.9 Å². The predicted molar refractivity (Wildman–Crippen MR) is 78.7 cm³/mol. The first kappa shape index (κ1) is 13.7. The lowest BCUT2D eigenvalue weighted by atomic mass is 10.0. The molecule has 0 saturated carbocycles. The second kappa shape index (κ2) is 5.95. The van der Waals surface area contributed by atoms with E-state index in [9.17, 15) is 4.39 Å². The highest BCUT2D eigenvalue weighted by Gasteiger charge is 2.14. The molecule has 1 heterocycles. The van der Waals surface area contributed by atoms with E-state index in [1.807, 2.05) is 13.1 Å². The van der Waals surface area contributed by atoms with Gasteiger partial charge in [0.25, 0.3) is 0 Å². The molecule has 18 heavy (non-hydrogen) atoms. The smallest absolute Gasteiger partial charge is 0.124 e. The molecule has 2 rings (SSSR count). The van der Waals surface area contributed by atoms with Crippen LogP contribution in [0.15, 0.2) is 34.1 Å². The summed E-state index contributed by atoms with van der Waals surface area (Å²) < 4.78 is 14.1. The Morgan fingerprint density at radius 1 is 1.39 bits per heavy atom. The van der Waals surface area contributed by atoms with Crippen LogP contribution < -0.4 is 5.32 Å². The number of hydrogen-bond acceptors (Lipinski definition) is 2. The van der Waals surface area contributed by atoms with Crippen molar-refractivity contribution in [2.75, 3.05) is 7.05 Å². The maximum Gasteiger partial charge on any atom is 0.124 e. The van der Waals surface area contributed by atoms with Crippen molar-refractivity contribution in [2.45, 2.75) is 19.4 Å². The molecular weight excluding hydrogens is 313 g/mol. The molecule has 2 aromatic rings. The molecule has 1 atom stereocenters. The van der Waals surface area contributed by atoms with E-state index < -0.39 is 0 Å². The van der Waals surface area contributed by atoms with Crippen molar-refractivity contribution in [1.29, 1.82) is 0 Å². The summed E-state index contributed by atoms with van der Waals surface area (Å²) in [5, 5.41) is 5.40. The standard InChI is InChI=1S/C14H15BrFNS/c1-9-3-4-18-14(9)13(17-2)7-10-5-11(15)8-12(16)6-10/h3-6,8,13,17H,7H2,1-2H3. The fourth-order valence-electron chi connectivity index (χ4n) is 2.03. The van der Waals surface area contributed by atoms with E-state index in [-0.39, 0.29) is 11.9 Å². The van der Waals surface area contributed by atoms with Gasteiger partial charge in [0.1, 0.15) is 5.82 Å². The van der Waals surface area contributed by atoms with Crippen LogP contribution in [-0.4, -0.2) is 7.05 Å². The van der Waals surface area contributed by atoms with E-state index in [4.69, 9.17) is 0 Å². The number of halogens is 2. The van der Waals surface area contributed by atoms with E-state index in [1.54, 1.807) is 17.4 Å². The molecule has 0 aliphatic heterocycles. The number of likely N-dealkylation sites (N-methyl/N-ethyl adjacent to an activating group) is 1. The fraction of sp³-hybridized carbons (Fsp3) is 0.286. The Bertz CT molecular complexity index is 518. The molecular formula is C14H15BrFNS. The van der Waals surface area contributed by atoms with Gasteiger partial charge in [0, 0.05) is 15.4 Å². The summed E-state index contributed by atoms with van der Waals surface area (Å²) in [5.74, 6) is -0.197. The van der Waals surface area contributed by atoms with Crippen LogP contribution >= 0.6 is 27.3 Å². The monoisotopic (exact) mass is 327 g/mol. The summed E-state index contributed by atoms with van der Waals surface area (Å²) in [6.07, 6.45) is 0.786. The molecule has 0 fully saturated rings. The van der Waals surface area contributed by atoms with E-state index >= 15 is 0 Å². The lowest BCUT2D eigenvalue weighted by Gasteiger charge is -2.16. The van der Waals surface area contributed by atoms with Gasteiger partial charge in [-0.05, 0) is 61.2 Å².